The van der Waals surface area contributed by atoms with Crippen LogP contribution in [-0.4, -0.2) is 16.7 Å². The Labute approximate surface area is 190 Å². The molecule has 7 rings (SSSR count). The van der Waals surface area contributed by atoms with Gasteiger partial charge in [-0.2, -0.15) is 0 Å². The van der Waals surface area contributed by atoms with E-state index in [2.05, 4.69) is 82.3 Å². The van der Waals surface area contributed by atoms with Crippen LogP contribution >= 0.6 is 0 Å². The van der Waals surface area contributed by atoms with Crippen LogP contribution in [0.5, 0.6) is 0 Å². The maximum Gasteiger partial charge on any atom is 0.0493 e. The smallest absolute Gasteiger partial charge is 0.0493 e. The lowest BCUT2D eigenvalue weighted by Crippen LogP contribution is -2.39. The van der Waals surface area contributed by atoms with E-state index in [1.165, 1.54) is 66.9 Å². The van der Waals surface area contributed by atoms with Crippen LogP contribution in [0.4, 0.5) is 5.69 Å². The van der Waals surface area contributed by atoms with Gasteiger partial charge in [0.2, 0.25) is 0 Å². The van der Waals surface area contributed by atoms with Crippen molar-refractivity contribution in [2.45, 2.75) is 63.5 Å². The number of anilines is 1. The molecule has 1 fully saturated rings. The zero-order valence-corrected chi connectivity index (χ0v) is 18.8. The first-order valence-corrected chi connectivity index (χ1v) is 12.7. The van der Waals surface area contributed by atoms with Crippen LogP contribution in [0, 0.1) is 11.8 Å². The highest BCUT2D eigenvalue weighted by molar-refractivity contribution is 5.65. The average molecular weight is 421 g/mol. The second-order valence-electron chi connectivity index (χ2n) is 10.2. The predicted molar refractivity (Wildman–Crippen MR) is 135 cm³/mol. The van der Waals surface area contributed by atoms with Crippen molar-refractivity contribution in [3.8, 4) is 0 Å². The molecule has 0 bridgehead atoms. The van der Waals surface area contributed by atoms with E-state index in [-0.39, 0.29) is 0 Å². The summed E-state index contributed by atoms with van der Waals surface area (Å²) in [7, 11) is 0. The number of nitrogens with zero attached hydrogens (tertiary/aromatic N) is 2. The SMILES string of the molecule is C1=Cc2c(c3c(n2C2=CCC4C(C2)C2C=CCCC2N4c2ccccc2)=CCCC=3)CC1. The molecule has 4 unspecified atom stereocenters. The van der Waals surface area contributed by atoms with E-state index in [0.29, 0.717) is 23.9 Å². The number of aromatic nitrogens is 1. The van der Waals surface area contributed by atoms with Gasteiger partial charge in [-0.05, 0) is 86.3 Å². The zero-order chi connectivity index (χ0) is 21.1. The highest BCUT2D eigenvalue weighted by Gasteiger charge is 2.49. The third-order valence-corrected chi connectivity index (χ3v) is 8.60. The first-order valence-electron chi connectivity index (χ1n) is 12.7. The van der Waals surface area contributed by atoms with Crippen molar-refractivity contribution in [2.24, 2.45) is 11.8 Å². The van der Waals surface area contributed by atoms with Crippen molar-refractivity contribution in [1.29, 1.82) is 0 Å². The highest BCUT2D eigenvalue weighted by Crippen LogP contribution is 2.49. The van der Waals surface area contributed by atoms with E-state index in [9.17, 15) is 0 Å². The minimum Gasteiger partial charge on any atom is -0.364 e. The molecule has 32 heavy (non-hydrogen) atoms. The van der Waals surface area contributed by atoms with Gasteiger partial charge in [0.05, 0.1) is 0 Å². The summed E-state index contributed by atoms with van der Waals surface area (Å²) in [5.41, 5.74) is 6.03. The Bertz CT molecular complexity index is 1260. The van der Waals surface area contributed by atoms with Crippen LogP contribution in [0.25, 0.3) is 23.9 Å². The molecule has 0 radical (unpaired) electrons. The molecule has 0 spiro atoms. The number of allylic oxidation sites excluding steroid dienone is 3. The van der Waals surface area contributed by atoms with Gasteiger partial charge in [0.25, 0.3) is 0 Å². The van der Waals surface area contributed by atoms with Crippen molar-refractivity contribution >= 4 is 29.6 Å². The third kappa shape index (κ3) is 2.71. The molecule has 2 heterocycles. The van der Waals surface area contributed by atoms with Crippen LogP contribution in [0.3, 0.4) is 0 Å². The highest BCUT2D eigenvalue weighted by atomic mass is 15.2. The Morgan fingerprint density at radius 3 is 2.69 bits per heavy atom. The van der Waals surface area contributed by atoms with Gasteiger partial charge in [0.1, 0.15) is 0 Å². The summed E-state index contributed by atoms with van der Waals surface area (Å²) in [6, 6.07) is 12.5. The minimum absolute atomic E-state index is 0.618. The molecule has 0 N–H and O–H groups in total. The molecule has 162 valence electrons. The first kappa shape index (κ1) is 18.8. The van der Waals surface area contributed by atoms with Gasteiger partial charge in [-0.15, -0.1) is 0 Å². The molecule has 2 heteroatoms. The minimum atomic E-state index is 0.618. The van der Waals surface area contributed by atoms with Gasteiger partial charge in [-0.3, -0.25) is 0 Å². The van der Waals surface area contributed by atoms with Crippen LogP contribution in [-0.2, 0) is 6.42 Å². The zero-order valence-electron chi connectivity index (χ0n) is 18.8. The quantitative estimate of drug-likeness (QED) is 0.601. The van der Waals surface area contributed by atoms with Gasteiger partial charge < -0.3 is 9.47 Å². The van der Waals surface area contributed by atoms with E-state index < -0.39 is 0 Å². The molecule has 0 amide bonds. The predicted octanol–water partition coefficient (Wildman–Crippen LogP) is 5.28. The van der Waals surface area contributed by atoms with Crippen molar-refractivity contribution in [3.63, 3.8) is 0 Å². The van der Waals surface area contributed by atoms with Crippen molar-refractivity contribution in [1.82, 2.24) is 4.57 Å². The average Bonchev–Trinajstić information content (AvgIpc) is 3.37. The Kier molecular flexibility index (Phi) is 4.35. The summed E-state index contributed by atoms with van der Waals surface area (Å²) in [6.07, 6.45) is 27.0. The molecule has 2 aromatic rings. The van der Waals surface area contributed by atoms with Crippen LogP contribution in [0.2, 0.25) is 0 Å². The van der Waals surface area contributed by atoms with E-state index in [0.717, 1.165) is 6.42 Å². The Morgan fingerprint density at radius 1 is 0.844 bits per heavy atom. The number of fused-ring (bicyclic) bond motifs is 6. The molecule has 4 aliphatic carbocycles. The summed E-state index contributed by atoms with van der Waals surface area (Å²) < 4.78 is 2.65. The van der Waals surface area contributed by atoms with Gasteiger partial charge >= 0.3 is 0 Å². The second-order valence-corrected chi connectivity index (χ2v) is 10.2. The largest absolute Gasteiger partial charge is 0.364 e. The second kappa shape index (κ2) is 7.40. The Morgan fingerprint density at radius 2 is 1.75 bits per heavy atom. The molecular formula is C30H32N2. The lowest BCUT2D eigenvalue weighted by Gasteiger charge is -2.36. The molecular weight excluding hydrogens is 388 g/mol. The normalized spacial score (nSPS) is 29.9. The summed E-state index contributed by atoms with van der Waals surface area (Å²) >= 11 is 0. The van der Waals surface area contributed by atoms with E-state index in [1.54, 1.807) is 11.3 Å². The van der Waals surface area contributed by atoms with Crippen LogP contribution in [0.1, 0.15) is 56.2 Å². The monoisotopic (exact) mass is 420 g/mol. The standard InChI is InChI=1S/C30H32N2/c1-2-10-21(11-3-1)31-29-17-9-6-14-25(29)26-20-22(18-19-30(26)31)32-27-15-7-4-12-23(27)24-13-5-8-16-28(24)32/h1-3,6-7,10-11,13-16,18,25-26,29-30H,4-5,8-9,12,17,19-20H2. The maximum atomic E-state index is 2.80. The fourth-order valence-electron chi connectivity index (χ4n) is 7.33. The van der Waals surface area contributed by atoms with Gasteiger partial charge in [-0.25, -0.2) is 0 Å². The Balaban J connectivity index is 1.34. The number of hydrogen-bond donors (Lipinski definition) is 0. The maximum absolute atomic E-state index is 2.80. The van der Waals surface area contributed by atoms with E-state index in [4.69, 9.17) is 0 Å². The number of para-hydroxylation sites is 1. The van der Waals surface area contributed by atoms with E-state index in [1.807, 2.05) is 0 Å². The molecule has 1 aromatic carbocycles. The molecule has 0 saturated carbocycles. The van der Waals surface area contributed by atoms with Crippen LogP contribution < -0.4 is 15.5 Å². The number of benzene rings is 1. The summed E-state index contributed by atoms with van der Waals surface area (Å²) in [5, 5.41) is 3.01. The lowest BCUT2D eigenvalue weighted by atomic mass is 9.77. The van der Waals surface area contributed by atoms with Crippen molar-refractivity contribution in [3.05, 3.63) is 76.5 Å². The van der Waals surface area contributed by atoms with Crippen LogP contribution in [0.15, 0.2) is 54.6 Å². The molecule has 4 atom stereocenters. The summed E-state index contributed by atoms with van der Waals surface area (Å²) in [6.45, 7) is 0. The fourth-order valence-corrected chi connectivity index (χ4v) is 7.33. The Hall–Kier alpha value is -2.74. The number of hydrogen-bond acceptors (Lipinski definition) is 1. The molecule has 2 nitrogen and oxygen atoms in total. The summed E-state index contributed by atoms with van der Waals surface area (Å²) in [5.74, 6) is 1.37. The first-order chi connectivity index (χ1) is 15.9. The molecule has 5 aliphatic rings. The lowest BCUT2D eigenvalue weighted by molar-refractivity contribution is 0.379. The third-order valence-electron chi connectivity index (χ3n) is 8.60. The molecule has 1 aromatic heterocycles. The molecule has 1 saturated heterocycles. The van der Waals surface area contributed by atoms with Gasteiger partial charge in [0.15, 0.2) is 0 Å². The van der Waals surface area contributed by atoms with Crippen molar-refractivity contribution in [2.75, 3.05) is 4.90 Å². The fraction of sp³-hybridized carbons (Fsp3) is 0.400. The molecule has 1 aliphatic heterocycles. The topological polar surface area (TPSA) is 8.17 Å². The van der Waals surface area contributed by atoms with E-state index >= 15 is 0 Å². The summed E-state index contributed by atoms with van der Waals surface area (Å²) in [4.78, 5) is 2.80. The van der Waals surface area contributed by atoms with Crippen molar-refractivity contribution < 1.29 is 0 Å². The van der Waals surface area contributed by atoms with Gasteiger partial charge in [0, 0.05) is 40.4 Å². The number of rotatable bonds is 2. The van der Waals surface area contributed by atoms with Gasteiger partial charge in [-0.1, -0.05) is 54.7 Å².